The van der Waals surface area contributed by atoms with E-state index in [2.05, 4.69) is 0 Å². The lowest BCUT2D eigenvalue weighted by atomic mass is 10.1. The van der Waals surface area contributed by atoms with Crippen LogP contribution in [-0.4, -0.2) is 88.3 Å². The minimum absolute atomic E-state index is 0. The van der Waals surface area contributed by atoms with Crippen molar-refractivity contribution in [3.8, 4) is 11.5 Å². The van der Waals surface area contributed by atoms with Crippen molar-refractivity contribution in [1.82, 2.24) is 0 Å². The second kappa shape index (κ2) is 25.2. The minimum Gasteiger partial charge on any atom is -0.491 e. The van der Waals surface area contributed by atoms with Crippen molar-refractivity contribution in [1.29, 1.82) is 0 Å². The highest BCUT2D eigenvalue weighted by molar-refractivity contribution is 7.99. The Kier molecular flexibility index (Phi) is 27.4. The van der Waals surface area contributed by atoms with E-state index in [9.17, 15) is 22.8 Å². The molecule has 0 aliphatic heterocycles. The van der Waals surface area contributed by atoms with Crippen molar-refractivity contribution in [2.75, 3.05) is 32.1 Å². The summed E-state index contributed by atoms with van der Waals surface area (Å²) in [5.74, 6) is -0.553. The standard InChI is InChI=1S/C21H23F3O5S.C6H14N2O2.4H2O/c1-3-27-17(11-28-16-6-4-15(5-7-16)21(22,23)24)13-30-18-8-9-19(14(2)10-18)29-12-20(25)26;7-4-2-1-3-5(8)6(9)10;;;;/h4-10,17H,3,11-13H2,1-2H3,(H,25,26);5H,1-4,7-8H2,(H,9,10);4*1H2/t17-;5-;;;;/m10..../s1. The van der Waals surface area contributed by atoms with Gasteiger partial charge in [0, 0.05) is 17.3 Å². The Balaban J connectivity index is -0.000000496. The van der Waals surface area contributed by atoms with Gasteiger partial charge in [-0.25, -0.2) is 4.79 Å². The highest BCUT2D eigenvalue weighted by Crippen LogP contribution is 2.30. The fourth-order valence-corrected chi connectivity index (χ4v) is 4.14. The van der Waals surface area contributed by atoms with Gasteiger partial charge in [0.1, 0.15) is 30.3 Å². The molecular formula is C27H45F3N2O11S. The number of rotatable bonds is 16. The molecule has 44 heavy (non-hydrogen) atoms. The minimum atomic E-state index is -4.38. The number of unbranched alkanes of at least 4 members (excludes halogenated alkanes) is 1. The molecule has 0 aromatic heterocycles. The SMILES string of the molecule is CCO[C@H](COc1ccc(C(F)(F)F)cc1)CSc1ccc(OCC(=O)O)c(C)c1.NCCCC[C@H](N)C(=O)O.O.O.O.O. The summed E-state index contributed by atoms with van der Waals surface area (Å²) < 4.78 is 54.4. The number of carbonyl (C=O) groups is 2. The van der Waals surface area contributed by atoms with E-state index in [1.807, 2.05) is 26.0 Å². The van der Waals surface area contributed by atoms with Crippen molar-refractivity contribution in [3.05, 3.63) is 53.6 Å². The molecule has 13 nitrogen and oxygen atoms in total. The summed E-state index contributed by atoms with van der Waals surface area (Å²) in [5.41, 5.74) is 10.5. The third-order valence-corrected chi connectivity index (χ3v) is 6.37. The number of thioether (sulfide) groups is 1. The van der Waals surface area contributed by atoms with Gasteiger partial charge in [0.25, 0.3) is 0 Å². The molecule has 0 bridgehead atoms. The van der Waals surface area contributed by atoms with E-state index in [0.29, 0.717) is 36.8 Å². The molecule has 0 amide bonds. The van der Waals surface area contributed by atoms with Crippen LogP contribution < -0.4 is 20.9 Å². The number of carboxylic acids is 2. The lowest BCUT2D eigenvalue weighted by Gasteiger charge is -2.18. The molecule has 0 saturated carbocycles. The van der Waals surface area contributed by atoms with Crippen molar-refractivity contribution in [2.24, 2.45) is 11.5 Å². The number of alkyl halides is 3. The van der Waals surface area contributed by atoms with Crippen LogP contribution >= 0.6 is 11.8 Å². The van der Waals surface area contributed by atoms with Crippen LogP contribution in [-0.2, 0) is 20.5 Å². The number of ether oxygens (including phenoxy) is 3. The molecule has 256 valence electrons. The molecule has 0 radical (unpaired) electrons. The first kappa shape index (κ1) is 47.8. The number of benzene rings is 2. The Labute approximate surface area is 257 Å². The number of hydrogen-bond donors (Lipinski definition) is 4. The summed E-state index contributed by atoms with van der Waals surface area (Å²) in [4.78, 5) is 21.7. The van der Waals surface area contributed by atoms with E-state index in [0.717, 1.165) is 35.4 Å². The lowest BCUT2D eigenvalue weighted by Crippen LogP contribution is -2.29. The van der Waals surface area contributed by atoms with E-state index in [-0.39, 0.29) is 34.6 Å². The Morgan fingerprint density at radius 1 is 0.977 bits per heavy atom. The van der Waals surface area contributed by atoms with Gasteiger partial charge in [-0.05, 0) is 81.3 Å². The fraction of sp³-hybridized carbons (Fsp3) is 0.481. The van der Waals surface area contributed by atoms with Gasteiger partial charge >= 0.3 is 18.1 Å². The normalized spacial score (nSPS) is 11.4. The van der Waals surface area contributed by atoms with Crippen LogP contribution in [0.1, 0.15) is 37.3 Å². The molecule has 0 spiro atoms. The molecule has 17 heteroatoms. The van der Waals surface area contributed by atoms with Crippen molar-refractivity contribution < 1.29 is 69.1 Å². The lowest BCUT2D eigenvalue weighted by molar-refractivity contribution is -0.140. The number of aryl methyl sites for hydroxylation is 1. The average molecular weight is 663 g/mol. The second-order valence-electron chi connectivity index (χ2n) is 8.56. The van der Waals surface area contributed by atoms with E-state index >= 15 is 0 Å². The molecule has 2 aromatic carbocycles. The van der Waals surface area contributed by atoms with Crippen LogP contribution in [0, 0.1) is 6.92 Å². The zero-order chi connectivity index (χ0) is 30.1. The summed E-state index contributed by atoms with van der Waals surface area (Å²) in [5, 5.41) is 17.0. The first-order valence-corrected chi connectivity index (χ1v) is 13.5. The number of halogens is 3. The summed E-state index contributed by atoms with van der Waals surface area (Å²) in [6.07, 6.45) is -2.47. The molecule has 2 aromatic rings. The molecule has 0 unspecified atom stereocenters. The first-order valence-electron chi connectivity index (χ1n) is 12.6. The summed E-state index contributed by atoms with van der Waals surface area (Å²) in [6.45, 7) is 4.56. The number of hydrogen-bond acceptors (Lipinski definition) is 8. The Bertz CT molecular complexity index is 1050. The molecule has 0 heterocycles. The van der Waals surface area contributed by atoms with Gasteiger partial charge in [-0.15, -0.1) is 11.8 Å². The van der Waals surface area contributed by atoms with Gasteiger partial charge in [-0.2, -0.15) is 13.2 Å². The smallest absolute Gasteiger partial charge is 0.416 e. The predicted molar refractivity (Wildman–Crippen MR) is 160 cm³/mol. The van der Waals surface area contributed by atoms with Crippen molar-refractivity contribution in [3.63, 3.8) is 0 Å². The summed E-state index contributed by atoms with van der Waals surface area (Å²) in [7, 11) is 0. The molecule has 14 N–H and O–H groups in total. The quantitative estimate of drug-likeness (QED) is 0.147. The number of nitrogens with two attached hydrogens (primary N) is 2. The van der Waals surface area contributed by atoms with Gasteiger partial charge in [-0.3, -0.25) is 4.79 Å². The molecule has 2 rings (SSSR count). The van der Waals surface area contributed by atoms with Crippen LogP contribution in [0.15, 0.2) is 47.4 Å². The van der Waals surface area contributed by atoms with Crippen molar-refractivity contribution >= 4 is 23.7 Å². The maximum atomic E-state index is 12.6. The van der Waals surface area contributed by atoms with Gasteiger partial charge < -0.3 is 57.8 Å². The monoisotopic (exact) mass is 662 g/mol. The molecule has 2 atom stereocenters. The van der Waals surface area contributed by atoms with Crippen LogP contribution in [0.4, 0.5) is 13.2 Å². The summed E-state index contributed by atoms with van der Waals surface area (Å²) >= 11 is 1.53. The zero-order valence-corrected chi connectivity index (χ0v) is 25.3. The number of aliphatic carboxylic acids is 2. The van der Waals surface area contributed by atoms with Gasteiger partial charge in [0.2, 0.25) is 0 Å². The predicted octanol–water partition coefficient (Wildman–Crippen LogP) is 1.28. The molecular weight excluding hydrogens is 617 g/mol. The van der Waals surface area contributed by atoms with Crippen LogP contribution in [0.5, 0.6) is 11.5 Å². The highest BCUT2D eigenvalue weighted by atomic mass is 32.2. The third kappa shape index (κ3) is 19.9. The average Bonchev–Trinajstić information content (AvgIpc) is 2.89. The Morgan fingerprint density at radius 2 is 1.59 bits per heavy atom. The number of carboxylic acid groups (broad SMARTS) is 2. The van der Waals surface area contributed by atoms with E-state index in [1.165, 1.54) is 23.9 Å². The zero-order valence-electron chi connectivity index (χ0n) is 24.5. The third-order valence-electron chi connectivity index (χ3n) is 5.24. The second-order valence-corrected chi connectivity index (χ2v) is 9.65. The van der Waals surface area contributed by atoms with E-state index in [1.54, 1.807) is 6.07 Å². The van der Waals surface area contributed by atoms with Crippen molar-refractivity contribution in [2.45, 2.75) is 56.3 Å². The molecule has 0 aliphatic rings. The van der Waals surface area contributed by atoms with Gasteiger partial charge in [0.15, 0.2) is 6.61 Å². The maximum absolute atomic E-state index is 12.6. The van der Waals surface area contributed by atoms with Crippen LogP contribution in [0.3, 0.4) is 0 Å². The maximum Gasteiger partial charge on any atom is 0.416 e. The Morgan fingerprint density at radius 3 is 2.07 bits per heavy atom. The molecule has 0 saturated heterocycles. The Hall–Kier alpha value is -3.16. The topological polar surface area (TPSA) is 280 Å². The largest absolute Gasteiger partial charge is 0.491 e. The van der Waals surface area contributed by atoms with E-state index in [4.69, 9.17) is 35.9 Å². The fourth-order valence-electron chi connectivity index (χ4n) is 3.14. The van der Waals surface area contributed by atoms with Crippen LogP contribution in [0.2, 0.25) is 0 Å². The molecule has 0 fully saturated rings. The van der Waals surface area contributed by atoms with Gasteiger partial charge in [0.05, 0.1) is 5.56 Å². The molecule has 0 aliphatic carbocycles. The van der Waals surface area contributed by atoms with E-state index < -0.39 is 36.3 Å². The van der Waals surface area contributed by atoms with Crippen LogP contribution in [0.25, 0.3) is 0 Å². The summed E-state index contributed by atoms with van der Waals surface area (Å²) in [6, 6.07) is 9.26. The first-order chi connectivity index (χ1) is 18.9. The van der Waals surface area contributed by atoms with Gasteiger partial charge in [-0.1, -0.05) is 6.42 Å². The highest BCUT2D eigenvalue weighted by Gasteiger charge is 2.30.